The predicted octanol–water partition coefficient (Wildman–Crippen LogP) is 5.22. The highest BCUT2D eigenvalue weighted by molar-refractivity contribution is 8.03. The zero-order chi connectivity index (χ0) is 19.7. The first-order valence-corrected chi connectivity index (χ1v) is 11.0. The lowest BCUT2D eigenvalue weighted by molar-refractivity contribution is 0.446. The summed E-state index contributed by atoms with van der Waals surface area (Å²) < 4.78 is 0. The van der Waals surface area contributed by atoms with E-state index in [1.54, 1.807) is 0 Å². The number of benzene rings is 2. The maximum absolute atomic E-state index is 6.34. The molecule has 28 heavy (non-hydrogen) atoms. The van der Waals surface area contributed by atoms with Crippen LogP contribution in [0.5, 0.6) is 0 Å². The first kappa shape index (κ1) is 19.2. The maximum atomic E-state index is 6.34. The average molecular weight is 411 g/mol. The number of para-hydroxylation sites is 1. The summed E-state index contributed by atoms with van der Waals surface area (Å²) in [6.07, 6.45) is 0.976. The Kier molecular flexibility index (Phi) is 5.51. The van der Waals surface area contributed by atoms with Crippen molar-refractivity contribution in [2.75, 3.05) is 34.9 Å². The van der Waals surface area contributed by atoms with Gasteiger partial charge in [0.05, 0.1) is 23.8 Å². The largest absolute Gasteiger partial charge is 0.397 e. The van der Waals surface area contributed by atoms with E-state index in [-0.39, 0.29) is 0 Å². The molecule has 2 heterocycles. The van der Waals surface area contributed by atoms with Crippen LogP contribution in [0.15, 0.2) is 59.1 Å². The summed E-state index contributed by atoms with van der Waals surface area (Å²) >= 11 is 7.56. The van der Waals surface area contributed by atoms with Crippen LogP contribution in [0.1, 0.15) is 31.7 Å². The minimum absolute atomic E-state index is 0.492. The molecule has 2 aliphatic heterocycles. The number of anilines is 3. The molecule has 0 aliphatic carbocycles. The van der Waals surface area contributed by atoms with E-state index < -0.39 is 0 Å². The smallest absolute Gasteiger partial charge is 0.173 e. The minimum Gasteiger partial charge on any atom is -0.397 e. The van der Waals surface area contributed by atoms with Gasteiger partial charge in [0.15, 0.2) is 5.11 Å². The highest BCUT2D eigenvalue weighted by atomic mass is 32.2. The number of thioether (sulfide) groups is 1. The van der Waals surface area contributed by atoms with Crippen LogP contribution in [0, 0.1) is 0 Å². The number of nitrogens with zero attached hydrogens (tertiary/aromatic N) is 2. The molecule has 0 fully saturated rings. The van der Waals surface area contributed by atoms with E-state index in [2.05, 4.69) is 41.1 Å². The molecule has 6 heteroatoms. The van der Waals surface area contributed by atoms with Crippen LogP contribution in [0.25, 0.3) is 0 Å². The zero-order valence-corrected chi connectivity index (χ0v) is 17.9. The molecular weight excluding hydrogens is 384 g/mol. The van der Waals surface area contributed by atoms with Gasteiger partial charge in [-0.05, 0) is 48.0 Å². The number of rotatable bonds is 3. The summed E-state index contributed by atoms with van der Waals surface area (Å²) in [4.78, 5) is 6.05. The van der Waals surface area contributed by atoms with Gasteiger partial charge in [-0.1, -0.05) is 38.1 Å². The van der Waals surface area contributed by atoms with Crippen molar-refractivity contribution in [3.63, 3.8) is 0 Å². The number of nitrogens with one attached hydrogen (secondary N) is 1. The topological polar surface area (TPSA) is 44.5 Å². The van der Waals surface area contributed by atoms with Crippen molar-refractivity contribution in [3.05, 3.63) is 64.7 Å². The third-order valence-corrected chi connectivity index (χ3v) is 6.75. The standard InChI is InChI=1S/C22H26N4S2/c1-15(2)16-8-9-18(23)20(12-16)26-14-28-21-13-25(11-10-19(21)26)22(27)24-17-6-4-3-5-7-17/h3-9,12,15H,10-11,13-14,23H2,1-2H3,(H,24,27). The van der Waals surface area contributed by atoms with Gasteiger partial charge in [0.25, 0.3) is 0 Å². The molecule has 4 nitrogen and oxygen atoms in total. The van der Waals surface area contributed by atoms with Gasteiger partial charge in [-0.15, -0.1) is 11.8 Å². The molecule has 0 saturated carbocycles. The first-order chi connectivity index (χ1) is 13.5. The number of hydrogen-bond donors (Lipinski definition) is 2. The van der Waals surface area contributed by atoms with E-state index in [0.717, 1.165) is 47.6 Å². The average Bonchev–Trinajstić information content (AvgIpc) is 3.12. The van der Waals surface area contributed by atoms with Crippen molar-refractivity contribution in [2.24, 2.45) is 0 Å². The molecule has 0 saturated heterocycles. The van der Waals surface area contributed by atoms with E-state index in [0.29, 0.717) is 5.92 Å². The van der Waals surface area contributed by atoms with Crippen LogP contribution in [-0.4, -0.2) is 29.0 Å². The van der Waals surface area contributed by atoms with Gasteiger partial charge in [-0.2, -0.15) is 0 Å². The van der Waals surface area contributed by atoms with Crippen LogP contribution in [0.2, 0.25) is 0 Å². The summed E-state index contributed by atoms with van der Waals surface area (Å²) in [7, 11) is 0. The summed E-state index contributed by atoms with van der Waals surface area (Å²) in [5, 5.41) is 4.15. The van der Waals surface area contributed by atoms with Gasteiger partial charge in [0.2, 0.25) is 0 Å². The molecule has 2 aromatic carbocycles. The molecule has 2 aromatic rings. The van der Waals surface area contributed by atoms with E-state index in [1.165, 1.54) is 16.2 Å². The van der Waals surface area contributed by atoms with Gasteiger partial charge in [-0.3, -0.25) is 0 Å². The quantitative estimate of drug-likeness (QED) is 0.534. The molecule has 0 atom stereocenters. The second-order valence-electron chi connectivity index (χ2n) is 7.51. The SMILES string of the molecule is CC(C)c1ccc(N)c(N2CSC3=C2CCN(C(=S)Nc2ccccc2)C3)c1. The van der Waals surface area contributed by atoms with Crippen LogP contribution < -0.4 is 16.0 Å². The van der Waals surface area contributed by atoms with Gasteiger partial charge in [-0.25, -0.2) is 0 Å². The van der Waals surface area contributed by atoms with E-state index >= 15 is 0 Å². The van der Waals surface area contributed by atoms with Crippen LogP contribution in [0.3, 0.4) is 0 Å². The van der Waals surface area contributed by atoms with Gasteiger partial charge >= 0.3 is 0 Å². The fourth-order valence-electron chi connectivity index (χ4n) is 3.62. The van der Waals surface area contributed by atoms with Crippen molar-refractivity contribution < 1.29 is 0 Å². The van der Waals surface area contributed by atoms with Crippen LogP contribution >= 0.6 is 24.0 Å². The molecule has 2 aliphatic rings. The van der Waals surface area contributed by atoms with E-state index in [1.807, 2.05) is 48.2 Å². The van der Waals surface area contributed by atoms with Crippen molar-refractivity contribution in [1.29, 1.82) is 0 Å². The molecule has 0 amide bonds. The molecule has 0 unspecified atom stereocenters. The Morgan fingerprint density at radius 1 is 1.18 bits per heavy atom. The maximum Gasteiger partial charge on any atom is 0.173 e. The molecule has 0 bridgehead atoms. The van der Waals surface area contributed by atoms with Crippen molar-refractivity contribution >= 4 is 46.2 Å². The highest BCUT2D eigenvalue weighted by Gasteiger charge is 2.31. The summed E-state index contributed by atoms with van der Waals surface area (Å²) in [5.41, 5.74) is 12.1. The van der Waals surface area contributed by atoms with Gasteiger partial charge < -0.3 is 20.9 Å². The third kappa shape index (κ3) is 3.84. The molecule has 0 radical (unpaired) electrons. The van der Waals surface area contributed by atoms with Gasteiger partial charge in [0, 0.05) is 29.3 Å². The lowest BCUT2D eigenvalue weighted by atomic mass is 10.0. The number of thiocarbonyl (C=S) groups is 1. The predicted molar refractivity (Wildman–Crippen MR) is 126 cm³/mol. The van der Waals surface area contributed by atoms with Crippen molar-refractivity contribution in [1.82, 2.24) is 4.90 Å². The number of nitrogens with two attached hydrogens (primary N) is 1. The first-order valence-electron chi connectivity index (χ1n) is 9.65. The van der Waals surface area contributed by atoms with Crippen molar-refractivity contribution in [2.45, 2.75) is 26.2 Å². The highest BCUT2D eigenvalue weighted by Crippen LogP contribution is 2.42. The third-order valence-electron chi connectivity index (χ3n) is 5.29. The minimum atomic E-state index is 0.492. The van der Waals surface area contributed by atoms with Crippen LogP contribution in [0.4, 0.5) is 17.1 Å². The fraction of sp³-hybridized carbons (Fsp3) is 0.318. The van der Waals surface area contributed by atoms with Crippen molar-refractivity contribution in [3.8, 4) is 0 Å². The molecule has 0 spiro atoms. The Hall–Kier alpha value is -2.18. The molecule has 4 rings (SSSR count). The Morgan fingerprint density at radius 2 is 1.96 bits per heavy atom. The lowest BCUT2D eigenvalue weighted by Gasteiger charge is -2.32. The van der Waals surface area contributed by atoms with Gasteiger partial charge in [0.1, 0.15) is 0 Å². The lowest BCUT2D eigenvalue weighted by Crippen LogP contribution is -2.40. The number of hydrogen-bond acceptors (Lipinski definition) is 4. The monoisotopic (exact) mass is 410 g/mol. The normalized spacial score (nSPS) is 16.5. The Balaban J connectivity index is 1.50. The summed E-state index contributed by atoms with van der Waals surface area (Å²) in [6, 6.07) is 16.6. The Labute approximate surface area is 176 Å². The molecular formula is C22H26N4S2. The van der Waals surface area contributed by atoms with E-state index in [4.69, 9.17) is 18.0 Å². The second kappa shape index (κ2) is 8.05. The molecule has 0 aromatic heterocycles. The summed E-state index contributed by atoms with van der Waals surface area (Å²) in [6.45, 7) is 6.22. The molecule has 146 valence electrons. The zero-order valence-electron chi connectivity index (χ0n) is 16.3. The molecule has 3 N–H and O–H groups in total. The fourth-order valence-corrected chi connectivity index (χ4v) is 5.10. The Morgan fingerprint density at radius 3 is 2.71 bits per heavy atom. The summed E-state index contributed by atoms with van der Waals surface area (Å²) in [5.74, 6) is 1.41. The second-order valence-corrected chi connectivity index (χ2v) is 8.94. The van der Waals surface area contributed by atoms with E-state index in [9.17, 15) is 0 Å². The van der Waals surface area contributed by atoms with Crippen LogP contribution in [-0.2, 0) is 0 Å². The Bertz CT molecular complexity index is 908. The number of nitrogen functional groups attached to an aromatic ring is 1.